The van der Waals surface area contributed by atoms with E-state index in [0.717, 1.165) is 19.5 Å². The average Bonchev–Trinajstić information content (AvgIpc) is 3.49. The van der Waals surface area contributed by atoms with Crippen molar-refractivity contribution in [3.63, 3.8) is 0 Å². The van der Waals surface area contributed by atoms with Crippen molar-refractivity contribution in [3.05, 3.63) is 16.1 Å². The summed E-state index contributed by atoms with van der Waals surface area (Å²) in [6.07, 6.45) is 1.13. The highest BCUT2D eigenvalue weighted by molar-refractivity contribution is 7.09. The van der Waals surface area contributed by atoms with Crippen molar-refractivity contribution >= 4 is 11.3 Å². The molecule has 1 aliphatic rings. The maximum atomic E-state index is 8.00. The summed E-state index contributed by atoms with van der Waals surface area (Å²) in [6, 6.07) is 0. The number of hydrogen-bond donors (Lipinski definition) is 0. The summed E-state index contributed by atoms with van der Waals surface area (Å²) in [5, 5.41) is 0. The lowest BCUT2D eigenvalue weighted by Crippen LogP contribution is -2.25. The molecule has 0 fully saturated rings. The Morgan fingerprint density at radius 1 is 0.571 bits per heavy atom. The van der Waals surface area contributed by atoms with E-state index in [4.69, 9.17) is 110 Å². The maximum absolute atomic E-state index is 8.00. The van der Waals surface area contributed by atoms with Crippen molar-refractivity contribution in [3.8, 4) is 0 Å². The molecule has 0 unspecified atom stereocenters. The zero-order chi connectivity index (χ0) is 31.0. The number of rotatable bonds is 0. The van der Waals surface area contributed by atoms with Gasteiger partial charge in [0.25, 0.3) is 0 Å². The lowest BCUT2D eigenvalue weighted by molar-refractivity contribution is 0.108. The molecule has 0 aromatic carbocycles. The van der Waals surface area contributed by atoms with E-state index in [1.165, 1.54) is 10.6 Å². The molecule has 28 heteroatoms. The highest BCUT2D eigenvalue weighted by atomic mass is 32.1. The minimum atomic E-state index is 0. The molecule has 0 radical (unpaired) electrons. The van der Waals surface area contributed by atoms with Crippen LogP contribution in [-0.2, 0) is 13.0 Å². The number of thiazole rings is 1. The van der Waals surface area contributed by atoms with Crippen LogP contribution < -0.4 is 0 Å². The summed E-state index contributed by atoms with van der Waals surface area (Å²) in [6.45, 7) is 2.26. The van der Waals surface area contributed by atoms with Crippen molar-refractivity contribution in [1.29, 1.82) is 0 Å². The van der Waals surface area contributed by atoms with Crippen molar-refractivity contribution in [2.24, 2.45) is 0 Å². The maximum Gasteiger partial charge on any atom is 0.0798 e. The third-order valence-corrected chi connectivity index (χ3v) is 2.73. The Morgan fingerprint density at radius 3 is 1.09 bits per heavy atom. The molecule has 230 valence electrons. The molecule has 35 heavy (non-hydrogen) atoms. The Bertz CT molecular complexity index is 261. The Hall–Kier alpha value is -2.16. The van der Waals surface area contributed by atoms with Gasteiger partial charge in [0.15, 0.2) is 0 Å². The van der Waals surface area contributed by atoms with Crippen molar-refractivity contribution < 1.29 is 114 Å². The van der Waals surface area contributed by atoms with Gasteiger partial charge in [-0.15, -0.1) is 11.3 Å². The molecule has 2 heterocycles. The Balaban J connectivity index is -0.0000000185. The molecule has 1 aromatic rings. The Kier molecular flexibility index (Phi) is 402. The number of halogens is 25. The van der Waals surface area contributed by atoms with E-state index < -0.39 is 0 Å². The van der Waals surface area contributed by atoms with Crippen LogP contribution in [0.15, 0.2) is 5.51 Å². The van der Waals surface area contributed by atoms with Gasteiger partial charge in [-0.25, -0.2) is 4.98 Å². The fourth-order valence-corrected chi connectivity index (χ4v) is 2.14. The highest BCUT2D eigenvalue weighted by Crippen LogP contribution is 2.19. The van der Waals surface area contributed by atoms with Crippen LogP contribution in [0.5, 0.6) is 0 Å². The molecule has 0 N–H and O–H groups in total. The molecule has 0 amide bonds. The normalized spacial score (nSPS) is 7.46. The second-order valence-electron chi connectivity index (χ2n) is 2.71. The van der Waals surface area contributed by atoms with Crippen LogP contribution in [0.4, 0.5) is 114 Å². The first-order chi connectivity index (χ1) is 16.9. The summed E-state index contributed by atoms with van der Waals surface area (Å²) in [4.78, 5) is 8.07. The summed E-state index contributed by atoms with van der Waals surface area (Å²) in [7, 11) is 2.16. The zero-order valence-electron chi connectivity index (χ0n) is 15.5. The molecule has 0 atom stereocenters. The van der Waals surface area contributed by atoms with E-state index in [2.05, 4.69) is 16.9 Å². The van der Waals surface area contributed by atoms with Crippen LogP contribution in [0.2, 0.25) is 0 Å². The predicted molar refractivity (Wildman–Crippen MR) is 71.2 cm³/mol. The molecule has 0 saturated carbocycles. The van der Waals surface area contributed by atoms with Gasteiger partial charge in [-0.2, -0.15) is 0 Å². The van der Waals surface area contributed by atoms with Crippen LogP contribution in [0.25, 0.3) is 0 Å². The first-order valence-electron chi connectivity index (χ1n) is 5.17. The molecule has 0 bridgehead atoms. The van der Waals surface area contributed by atoms with Crippen LogP contribution in [0.3, 0.4) is 0 Å². The lowest BCUT2D eigenvalue weighted by Gasteiger charge is -2.20. The molecule has 2 rings (SSSR count). The number of likely N-dealkylation sites (N-methyl/N-ethyl adjacent to an activating group) is 1. The number of nitrogens with zero attached hydrogens (tertiary/aromatic N) is 2. The van der Waals surface area contributed by atoms with E-state index in [-0.39, 0.29) is 4.70 Å². The van der Waals surface area contributed by atoms with E-state index in [1.807, 2.05) is 5.51 Å². The zero-order valence-corrected chi connectivity index (χ0v) is 16.3. The van der Waals surface area contributed by atoms with Crippen LogP contribution in [0.1, 0.15) is 10.6 Å². The van der Waals surface area contributed by atoms with Gasteiger partial charge in [0.05, 0.1) is 11.2 Å². The first kappa shape index (κ1) is 76.7. The fourth-order valence-electron chi connectivity index (χ4n) is 1.25. The van der Waals surface area contributed by atoms with E-state index in [9.17, 15) is 0 Å². The van der Waals surface area contributed by atoms with E-state index in [1.54, 1.807) is 11.3 Å². The van der Waals surface area contributed by atoms with Crippen molar-refractivity contribution in [2.75, 3.05) is 13.6 Å². The number of fused-ring (bicyclic) bond motifs is 1. The van der Waals surface area contributed by atoms with Crippen molar-refractivity contribution in [1.82, 2.24) is 9.88 Å². The van der Waals surface area contributed by atoms with Crippen LogP contribution >= 0.6 is 11.3 Å². The second-order valence-corrected chi connectivity index (χ2v) is 3.65. The van der Waals surface area contributed by atoms with Gasteiger partial charge in [0.2, 0.25) is 0 Å². The van der Waals surface area contributed by atoms with Gasteiger partial charge in [0, 0.05) is 134 Å². The first-order valence-corrected chi connectivity index (χ1v) is 6.05. The van der Waals surface area contributed by atoms with Gasteiger partial charge < -0.3 is 4.90 Å². The number of hydrogen-bond acceptors (Lipinski definition) is 3. The predicted octanol–water partition coefficient (Wildman–Crippen LogP) is 11.4. The van der Waals surface area contributed by atoms with E-state index in [0.29, 0.717) is 0 Å². The average molecular weight is 630 g/mol. The van der Waals surface area contributed by atoms with Gasteiger partial charge in [0.1, 0.15) is 0 Å². The third kappa shape index (κ3) is 100.0. The molecule has 0 aliphatic carbocycles. The topological polar surface area (TPSA) is 16.1 Å². The number of aromatic nitrogens is 1. The summed E-state index contributed by atoms with van der Waals surface area (Å²) >= 11 is 1.78. The largest absolute Gasteiger partial charge is 0.301 e. The summed E-state index contributed by atoms with van der Waals surface area (Å²) < 4.78 is 192. The second kappa shape index (κ2) is 184. The standard InChI is InChI=1S/C7H10N2S.12F2.FH/c1-9-3-2-6-7(4-9)10-5-8-6;12*1-2;/h5H,2-4H2,1H3;;;;;;;;;;;;;1H. The molecule has 1 aromatic heterocycles. The Morgan fingerprint density at radius 2 is 0.829 bits per heavy atom. The lowest BCUT2D eigenvalue weighted by atomic mass is 10.2. The van der Waals surface area contributed by atoms with E-state index >= 15 is 0 Å². The van der Waals surface area contributed by atoms with Gasteiger partial charge in [-0.05, 0) is 7.05 Å². The fraction of sp³-hybridized carbons (Fsp3) is 0.571. The quantitative estimate of drug-likeness (QED) is 0.265. The molecule has 0 spiro atoms. The SMILES string of the molecule is CN1CCc2ncsc2C1.F.FF.FF.FF.FF.FF.FF.FF.FF.FF.FF.FF.FF. The molecule has 0 saturated heterocycles. The minimum Gasteiger partial charge on any atom is -0.301 e. The van der Waals surface area contributed by atoms with Gasteiger partial charge in [-0.3, -0.25) is 4.70 Å². The van der Waals surface area contributed by atoms with Crippen LogP contribution in [-0.4, -0.2) is 23.5 Å². The Labute approximate surface area is 180 Å². The van der Waals surface area contributed by atoms with Crippen LogP contribution in [0, 0.1) is 0 Å². The third-order valence-electron chi connectivity index (χ3n) is 1.87. The van der Waals surface area contributed by atoms with Crippen molar-refractivity contribution in [2.45, 2.75) is 13.0 Å². The summed E-state index contributed by atoms with van der Waals surface area (Å²) in [5.41, 5.74) is 3.27. The highest BCUT2D eigenvalue weighted by Gasteiger charge is 2.14. The molecule has 1 aliphatic heterocycles. The minimum absolute atomic E-state index is 0. The molecule has 2 nitrogen and oxygen atoms in total. The summed E-state index contributed by atoms with van der Waals surface area (Å²) in [5.74, 6) is 0. The molecular formula is C7H11F25N2S. The monoisotopic (exact) mass is 630 g/mol. The molecular weight excluding hydrogens is 619 g/mol. The van der Waals surface area contributed by atoms with Gasteiger partial charge >= 0.3 is 0 Å². The van der Waals surface area contributed by atoms with Gasteiger partial charge in [-0.1, -0.05) is 0 Å². The smallest absolute Gasteiger partial charge is 0.0798 e.